The second kappa shape index (κ2) is 29.1. The van der Waals surface area contributed by atoms with Crippen molar-refractivity contribution in [1.29, 1.82) is 0 Å². The van der Waals surface area contributed by atoms with Gasteiger partial charge < -0.3 is 63.2 Å². The first kappa shape index (κ1) is 74.6. The van der Waals surface area contributed by atoms with Gasteiger partial charge in [-0.15, -0.1) is 0 Å². The smallest absolute Gasteiger partial charge is 0.205 e. The molecule has 14 aliphatic heterocycles. The SMILES string of the molecule is CC1=CN2c3cc(C)cc(C)c3CC2N1C.CC1=CN2c3ccccc3CC2N1C.CC1=CN2c3oc4ccccc4c3CC2N1C.CN1c2ccccc2N2c3cc(F)cc(F)c3CC12.CN1c2ccccc2N2c3ccccc3CC12.Cc1cc(C)c2c(c1)N1c3ccccc3N(C)C1C2.c1ccc2c(c1)CC1Sc3ccccc3N21. The average molecular weight is 1580 g/mol. The third kappa shape index (κ3) is 12.2. The molecule has 11 aromatic carbocycles. The third-order valence-electron chi connectivity index (χ3n) is 27.0. The van der Waals surface area contributed by atoms with E-state index in [9.17, 15) is 8.78 Å². The zero-order chi connectivity index (χ0) is 81.0. The molecule has 0 fully saturated rings. The number of rotatable bonds is 0. The van der Waals surface area contributed by atoms with Crippen LogP contribution in [0.3, 0.4) is 0 Å². The molecule has 7 unspecified atom stereocenters. The molecule has 118 heavy (non-hydrogen) atoms. The topological polar surface area (TPSA) is 55.3 Å². The van der Waals surface area contributed by atoms with Crippen LogP contribution in [0.15, 0.2) is 276 Å². The molecule has 15 heterocycles. The number of benzene rings is 11. The Bertz CT molecular complexity index is 5940. The van der Waals surface area contributed by atoms with Gasteiger partial charge in [0.1, 0.15) is 54.2 Å². The molecule has 0 radical (unpaired) electrons. The van der Waals surface area contributed by atoms with E-state index in [4.69, 9.17) is 4.42 Å². The highest BCUT2D eigenvalue weighted by molar-refractivity contribution is 8.00. The van der Waals surface area contributed by atoms with Gasteiger partial charge in [0.15, 0.2) is 0 Å². The van der Waals surface area contributed by atoms with Crippen molar-refractivity contribution in [2.45, 2.75) is 141 Å². The maximum Gasteiger partial charge on any atom is 0.205 e. The molecule has 0 saturated heterocycles. The number of fused-ring (bicyclic) bond motifs is 31. The second-order valence-corrected chi connectivity index (χ2v) is 35.0. The van der Waals surface area contributed by atoms with Gasteiger partial charge in [0.05, 0.1) is 50.9 Å². The Hall–Kier alpha value is -12.2. The van der Waals surface area contributed by atoms with E-state index in [1.807, 2.05) is 60.1 Å². The summed E-state index contributed by atoms with van der Waals surface area (Å²) in [6.45, 7) is 15.3. The predicted molar refractivity (Wildman–Crippen MR) is 484 cm³/mol. The lowest BCUT2D eigenvalue weighted by molar-refractivity contribution is 0.341. The molecular formula is C101H101F2N13OS. The maximum atomic E-state index is 13.9. The van der Waals surface area contributed by atoms with Gasteiger partial charge >= 0.3 is 0 Å². The van der Waals surface area contributed by atoms with Crippen LogP contribution >= 0.6 is 11.8 Å². The first-order valence-corrected chi connectivity index (χ1v) is 42.5. The summed E-state index contributed by atoms with van der Waals surface area (Å²) in [5, 5.41) is 1.84. The summed E-state index contributed by atoms with van der Waals surface area (Å²) in [5.41, 5.74) is 36.4. The van der Waals surface area contributed by atoms with Crippen molar-refractivity contribution in [3.63, 3.8) is 0 Å². The van der Waals surface area contributed by atoms with Crippen molar-refractivity contribution >= 4 is 103 Å². The highest BCUT2D eigenvalue weighted by atomic mass is 32.2. The largest absolute Gasteiger partial charge is 0.440 e. The minimum absolute atomic E-state index is 0.0451. The van der Waals surface area contributed by atoms with Crippen molar-refractivity contribution in [2.24, 2.45) is 0 Å². The van der Waals surface area contributed by atoms with Crippen molar-refractivity contribution in [3.8, 4) is 0 Å². The van der Waals surface area contributed by atoms with Crippen LogP contribution in [0.4, 0.5) is 88.6 Å². The third-order valence-corrected chi connectivity index (χ3v) is 28.2. The summed E-state index contributed by atoms with van der Waals surface area (Å²) < 4.78 is 33.3. The number of anilines is 14. The van der Waals surface area contributed by atoms with Crippen LogP contribution in [0.25, 0.3) is 11.0 Å². The summed E-state index contributed by atoms with van der Waals surface area (Å²) in [4.78, 5) is 31.9. The van der Waals surface area contributed by atoms with Gasteiger partial charge in [0, 0.05) is 179 Å². The Kier molecular flexibility index (Phi) is 18.4. The van der Waals surface area contributed by atoms with E-state index in [0.717, 1.165) is 67.4 Å². The van der Waals surface area contributed by atoms with Gasteiger partial charge in [-0.1, -0.05) is 145 Å². The maximum absolute atomic E-state index is 13.9. The summed E-state index contributed by atoms with van der Waals surface area (Å²) >= 11 is 1.99. The lowest BCUT2D eigenvalue weighted by atomic mass is 10.0. The van der Waals surface area contributed by atoms with Crippen LogP contribution in [-0.2, 0) is 44.9 Å². The zero-order valence-electron chi connectivity index (χ0n) is 69.5. The Morgan fingerprint density at radius 3 is 1.27 bits per heavy atom. The van der Waals surface area contributed by atoms with Crippen molar-refractivity contribution in [2.75, 3.05) is 91.3 Å². The van der Waals surface area contributed by atoms with Gasteiger partial charge in [-0.2, -0.15) is 0 Å². The molecule has 12 aromatic rings. The van der Waals surface area contributed by atoms with Crippen molar-refractivity contribution in [1.82, 2.24) is 14.7 Å². The van der Waals surface area contributed by atoms with Crippen molar-refractivity contribution in [3.05, 3.63) is 339 Å². The Labute approximate surface area is 697 Å². The van der Waals surface area contributed by atoms with Crippen LogP contribution in [0.2, 0.25) is 0 Å². The van der Waals surface area contributed by atoms with Gasteiger partial charge in [-0.05, 0) is 190 Å². The van der Waals surface area contributed by atoms with Gasteiger partial charge in [-0.3, -0.25) is 4.90 Å². The lowest BCUT2D eigenvalue weighted by Crippen LogP contribution is -2.36. The lowest BCUT2D eigenvalue weighted by Gasteiger charge is -2.24. The summed E-state index contributed by atoms with van der Waals surface area (Å²) in [6, 6.07) is 80.1. The number of aryl methyl sites for hydroxylation is 4. The van der Waals surface area contributed by atoms with E-state index in [-0.39, 0.29) is 6.17 Å². The number of nitrogens with zero attached hydrogens (tertiary/aromatic N) is 13. The predicted octanol–water partition coefficient (Wildman–Crippen LogP) is 22.1. The van der Waals surface area contributed by atoms with Crippen LogP contribution in [0, 0.1) is 39.3 Å². The molecule has 0 aliphatic carbocycles. The van der Waals surface area contributed by atoms with Crippen LogP contribution in [0.1, 0.15) is 82.0 Å². The fraction of sp³-hybridized carbons (Fsp3) is 0.267. The number of furan rings is 1. The molecule has 0 saturated carbocycles. The van der Waals surface area contributed by atoms with Crippen LogP contribution < -0.4 is 49.0 Å². The van der Waals surface area contributed by atoms with E-state index < -0.39 is 11.6 Å². The van der Waals surface area contributed by atoms with Gasteiger partial charge in [0.25, 0.3) is 0 Å². The Balaban J connectivity index is 0.0000000885. The molecule has 1 aromatic heterocycles. The fourth-order valence-electron chi connectivity index (χ4n) is 20.7. The molecule has 14 nitrogen and oxygen atoms in total. The summed E-state index contributed by atoms with van der Waals surface area (Å²) in [6.07, 6.45) is 16.4. The number of halogens is 2. The fourth-order valence-corrected chi connectivity index (χ4v) is 22.1. The van der Waals surface area contributed by atoms with Gasteiger partial charge in [0.2, 0.25) is 5.88 Å². The normalized spacial score (nSPS) is 20.9. The number of likely N-dealkylation sites (N-methyl/N-ethyl adjacent to an activating group) is 6. The molecule has 7 atom stereocenters. The van der Waals surface area contributed by atoms with E-state index in [1.165, 1.54) is 146 Å². The molecule has 0 N–H and O–H groups in total. The molecular weight excluding hydrogens is 1480 g/mol. The number of hydrogen-bond acceptors (Lipinski definition) is 15. The zero-order valence-corrected chi connectivity index (χ0v) is 70.4. The summed E-state index contributed by atoms with van der Waals surface area (Å²) in [5.74, 6) is 0.0547. The number of allylic oxidation sites excluding steroid dienone is 3. The van der Waals surface area contributed by atoms with Crippen LogP contribution in [0.5, 0.6) is 0 Å². The first-order valence-electron chi connectivity index (χ1n) is 41.6. The number of para-hydroxylation sites is 11. The Morgan fingerprint density at radius 2 is 0.686 bits per heavy atom. The number of hydrogen-bond donors (Lipinski definition) is 0. The molecule has 14 aliphatic rings. The van der Waals surface area contributed by atoms with E-state index in [2.05, 4.69) is 343 Å². The minimum atomic E-state index is -0.524. The van der Waals surface area contributed by atoms with Crippen molar-refractivity contribution < 1.29 is 13.2 Å². The standard InChI is InChI=1S/C17H18N2.C15H12F2N2.C15H14N2.C14H14N2O.C14H18N2.C14H11NS.C12H14N2/c1-11-8-12(2)13-10-17-18(3)14-6-4-5-7-15(14)19(17)16(13)9-11;1-18-12-4-2-3-5-13(12)19-14-7-9(16)6-11(17)10(14)8-15(18)19;1-16-13-8-4-5-9-14(13)17-12-7-3-2-6-11(12)10-15(16)17;1-9-8-16-13(15(9)2)7-11-10-5-3-4-6-12(10)17-14(11)16;1-9-5-10(2)12-7-14-15(4)11(3)8-16(14)13(12)6-9;1-2-6-11-10(5-1)9-14-15(11)12-7-3-4-8-13(12)16-14;1-9-8-14-11-6-4-3-5-10(11)7-12(14)13(9)2/h4-9,17H,10H2,1-3H3;2-7,15H,8H2,1H3;2-9,15H,10H2,1H3;3-6,8,13H,7H2,1-2H3;5-6,8,14H,7H2,1-4H3;1-8,14H,9H2;3-6,8,12H,7H2,1-2H3. The number of thioether (sulfide) groups is 1. The quantitative estimate of drug-likeness (QED) is 0.145. The minimum Gasteiger partial charge on any atom is -0.440 e. The van der Waals surface area contributed by atoms with E-state index in [0.29, 0.717) is 53.9 Å². The van der Waals surface area contributed by atoms with Crippen LogP contribution in [-0.4, -0.2) is 99.4 Å². The highest BCUT2D eigenvalue weighted by Crippen LogP contribution is 2.56. The second-order valence-electron chi connectivity index (χ2n) is 33.8. The molecule has 0 spiro atoms. The Morgan fingerprint density at radius 1 is 0.305 bits per heavy atom. The van der Waals surface area contributed by atoms with E-state index in [1.54, 1.807) is 0 Å². The van der Waals surface area contributed by atoms with Gasteiger partial charge in [-0.25, -0.2) is 8.78 Å². The molecule has 26 rings (SSSR count). The molecule has 0 bridgehead atoms. The molecule has 596 valence electrons. The monoisotopic (exact) mass is 1580 g/mol. The molecule has 0 amide bonds. The summed E-state index contributed by atoms with van der Waals surface area (Å²) in [7, 11) is 12.9. The highest BCUT2D eigenvalue weighted by Gasteiger charge is 2.46. The molecule has 17 heteroatoms. The first-order chi connectivity index (χ1) is 57.2. The average Bonchev–Trinajstić information content (AvgIpc) is 1.56. The van der Waals surface area contributed by atoms with E-state index >= 15 is 0 Å².